The van der Waals surface area contributed by atoms with E-state index in [1.54, 1.807) is 17.9 Å². The van der Waals surface area contributed by atoms with Crippen LogP contribution < -0.4 is 0 Å². The Balaban J connectivity index is 2.15. The molecule has 4 nitrogen and oxygen atoms in total. The number of carbonyl (C=O) groups is 1. The summed E-state index contributed by atoms with van der Waals surface area (Å²) < 4.78 is 5.34. The lowest BCUT2D eigenvalue weighted by Crippen LogP contribution is -2.42. The molecule has 4 heteroatoms. The Morgan fingerprint density at radius 3 is 2.88 bits per heavy atom. The standard InChI is InChI=1S/C12H17NO3/c1-8-6-11(9(2)16-8)12(15)13-5-3-4-10(14)7-13/h6,10,14H,3-5,7H2,1-2H3/t10-/m1/s1. The summed E-state index contributed by atoms with van der Waals surface area (Å²) in [5, 5.41) is 9.53. The van der Waals surface area contributed by atoms with Crippen molar-refractivity contribution in [1.29, 1.82) is 0 Å². The molecular weight excluding hydrogens is 206 g/mol. The Bertz CT molecular complexity index is 397. The first-order chi connectivity index (χ1) is 7.58. The average Bonchev–Trinajstić information content (AvgIpc) is 2.57. The number of carbonyl (C=O) groups excluding carboxylic acids is 1. The quantitative estimate of drug-likeness (QED) is 0.784. The van der Waals surface area contributed by atoms with E-state index in [1.807, 2.05) is 6.92 Å². The predicted molar refractivity (Wildman–Crippen MR) is 59.3 cm³/mol. The first-order valence-corrected chi connectivity index (χ1v) is 5.62. The Labute approximate surface area is 94.9 Å². The highest BCUT2D eigenvalue weighted by atomic mass is 16.3. The summed E-state index contributed by atoms with van der Waals surface area (Å²) in [6, 6.07) is 1.76. The molecule has 0 radical (unpaired) electrons. The van der Waals surface area contributed by atoms with E-state index >= 15 is 0 Å². The second-order valence-corrected chi connectivity index (χ2v) is 4.37. The molecule has 0 aliphatic carbocycles. The number of piperidine rings is 1. The van der Waals surface area contributed by atoms with Gasteiger partial charge < -0.3 is 14.4 Å². The van der Waals surface area contributed by atoms with Gasteiger partial charge in [0.25, 0.3) is 5.91 Å². The Hall–Kier alpha value is -1.29. The Morgan fingerprint density at radius 1 is 1.56 bits per heavy atom. The molecule has 1 N–H and O–H groups in total. The molecule has 1 aromatic rings. The number of likely N-dealkylation sites (tertiary alicyclic amines) is 1. The second-order valence-electron chi connectivity index (χ2n) is 4.37. The van der Waals surface area contributed by atoms with Crippen molar-refractivity contribution in [2.24, 2.45) is 0 Å². The largest absolute Gasteiger partial charge is 0.466 e. The van der Waals surface area contributed by atoms with Gasteiger partial charge in [-0.1, -0.05) is 0 Å². The highest BCUT2D eigenvalue weighted by Crippen LogP contribution is 2.18. The topological polar surface area (TPSA) is 53.7 Å². The molecule has 0 saturated carbocycles. The van der Waals surface area contributed by atoms with E-state index in [1.165, 1.54) is 0 Å². The zero-order valence-corrected chi connectivity index (χ0v) is 9.69. The van der Waals surface area contributed by atoms with Crippen LogP contribution in [0.1, 0.15) is 34.7 Å². The summed E-state index contributed by atoms with van der Waals surface area (Å²) >= 11 is 0. The van der Waals surface area contributed by atoms with Crippen LogP contribution in [0.5, 0.6) is 0 Å². The molecule has 1 aliphatic heterocycles. The van der Waals surface area contributed by atoms with Gasteiger partial charge in [0.15, 0.2) is 0 Å². The van der Waals surface area contributed by atoms with E-state index in [0.717, 1.165) is 25.1 Å². The molecule has 0 spiro atoms. The van der Waals surface area contributed by atoms with Gasteiger partial charge in [-0.05, 0) is 32.8 Å². The van der Waals surface area contributed by atoms with Gasteiger partial charge in [0.2, 0.25) is 0 Å². The Kier molecular flexibility index (Phi) is 3.01. The third kappa shape index (κ3) is 2.11. The van der Waals surface area contributed by atoms with E-state index in [9.17, 15) is 9.90 Å². The van der Waals surface area contributed by atoms with Gasteiger partial charge >= 0.3 is 0 Å². The number of amides is 1. The van der Waals surface area contributed by atoms with Gasteiger partial charge in [-0.25, -0.2) is 0 Å². The minimum Gasteiger partial charge on any atom is -0.466 e. The Morgan fingerprint density at radius 2 is 2.31 bits per heavy atom. The fourth-order valence-electron chi connectivity index (χ4n) is 2.15. The summed E-state index contributed by atoms with van der Waals surface area (Å²) in [4.78, 5) is 13.8. The molecular formula is C12H17NO3. The average molecular weight is 223 g/mol. The summed E-state index contributed by atoms with van der Waals surface area (Å²) in [5.41, 5.74) is 0.617. The van der Waals surface area contributed by atoms with Crippen molar-refractivity contribution >= 4 is 5.91 Å². The van der Waals surface area contributed by atoms with Crippen LogP contribution in [0.3, 0.4) is 0 Å². The number of rotatable bonds is 1. The van der Waals surface area contributed by atoms with Crippen molar-refractivity contribution in [2.75, 3.05) is 13.1 Å². The maximum absolute atomic E-state index is 12.1. The highest BCUT2D eigenvalue weighted by Gasteiger charge is 2.25. The van der Waals surface area contributed by atoms with E-state index in [4.69, 9.17) is 4.42 Å². The van der Waals surface area contributed by atoms with Crippen LogP contribution in [0, 0.1) is 13.8 Å². The second kappa shape index (κ2) is 4.29. The monoisotopic (exact) mass is 223 g/mol. The van der Waals surface area contributed by atoms with Gasteiger partial charge in [-0.3, -0.25) is 4.79 Å². The number of hydrogen-bond acceptors (Lipinski definition) is 3. The van der Waals surface area contributed by atoms with Crippen molar-refractivity contribution in [3.05, 3.63) is 23.2 Å². The van der Waals surface area contributed by atoms with Crippen molar-refractivity contribution in [3.8, 4) is 0 Å². The van der Waals surface area contributed by atoms with Crippen molar-refractivity contribution in [2.45, 2.75) is 32.8 Å². The van der Waals surface area contributed by atoms with Gasteiger partial charge in [-0.2, -0.15) is 0 Å². The molecule has 16 heavy (non-hydrogen) atoms. The van der Waals surface area contributed by atoms with Crippen LogP contribution in [-0.2, 0) is 0 Å². The van der Waals surface area contributed by atoms with Crippen LogP contribution >= 0.6 is 0 Å². The summed E-state index contributed by atoms with van der Waals surface area (Å²) in [6.07, 6.45) is 1.27. The van der Waals surface area contributed by atoms with Crippen molar-refractivity contribution in [1.82, 2.24) is 4.90 Å². The van der Waals surface area contributed by atoms with Gasteiger partial charge in [0, 0.05) is 13.1 Å². The van der Waals surface area contributed by atoms with Crippen LogP contribution in [0.2, 0.25) is 0 Å². The van der Waals surface area contributed by atoms with Crippen LogP contribution in [0.25, 0.3) is 0 Å². The van der Waals surface area contributed by atoms with Crippen molar-refractivity contribution < 1.29 is 14.3 Å². The number of aryl methyl sites for hydroxylation is 2. The maximum Gasteiger partial charge on any atom is 0.257 e. The van der Waals surface area contributed by atoms with E-state index in [0.29, 0.717) is 17.9 Å². The first kappa shape index (κ1) is 11.2. The lowest BCUT2D eigenvalue weighted by Gasteiger charge is -2.29. The fraction of sp³-hybridized carbons (Fsp3) is 0.583. The highest BCUT2D eigenvalue weighted by molar-refractivity contribution is 5.95. The lowest BCUT2D eigenvalue weighted by atomic mass is 10.1. The van der Waals surface area contributed by atoms with Gasteiger partial charge in [0.1, 0.15) is 11.5 Å². The summed E-state index contributed by atoms with van der Waals surface area (Å²) in [5.74, 6) is 1.37. The molecule has 0 bridgehead atoms. The molecule has 2 rings (SSSR count). The summed E-state index contributed by atoms with van der Waals surface area (Å²) in [6.45, 7) is 4.78. The zero-order valence-electron chi connectivity index (χ0n) is 9.69. The molecule has 88 valence electrons. The minimum absolute atomic E-state index is 0.0342. The molecule has 1 atom stereocenters. The molecule has 1 saturated heterocycles. The van der Waals surface area contributed by atoms with Crippen LogP contribution in [0.15, 0.2) is 10.5 Å². The smallest absolute Gasteiger partial charge is 0.257 e. The summed E-state index contributed by atoms with van der Waals surface area (Å²) in [7, 11) is 0. The number of aliphatic hydroxyl groups excluding tert-OH is 1. The SMILES string of the molecule is Cc1cc(C(=O)N2CCC[C@@H](O)C2)c(C)o1. The van der Waals surface area contributed by atoms with Crippen molar-refractivity contribution in [3.63, 3.8) is 0 Å². The number of hydrogen-bond donors (Lipinski definition) is 1. The lowest BCUT2D eigenvalue weighted by molar-refractivity contribution is 0.0472. The van der Waals surface area contributed by atoms with E-state index in [-0.39, 0.29) is 12.0 Å². The molecule has 1 amide bonds. The number of aliphatic hydroxyl groups is 1. The maximum atomic E-state index is 12.1. The third-order valence-electron chi connectivity index (χ3n) is 2.96. The van der Waals surface area contributed by atoms with E-state index < -0.39 is 0 Å². The van der Waals surface area contributed by atoms with Crippen LogP contribution in [0.4, 0.5) is 0 Å². The molecule has 1 aromatic heterocycles. The third-order valence-corrected chi connectivity index (χ3v) is 2.96. The predicted octanol–water partition coefficient (Wildman–Crippen LogP) is 1.49. The normalized spacial score (nSPS) is 21.2. The van der Waals surface area contributed by atoms with E-state index in [2.05, 4.69) is 0 Å². The van der Waals surface area contributed by atoms with Crippen LogP contribution in [-0.4, -0.2) is 35.1 Å². The number of nitrogens with zero attached hydrogens (tertiary/aromatic N) is 1. The molecule has 1 aliphatic rings. The minimum atomic E-state index is -0.383. The van der Waals surface area contributed by atoms with Gasteiger partial charge in [-0.15, -0.1) is 0 Å². The van der Waals surface area contributed by atoms with Gasteiger partial charge in [0.05, 0.1) is 11.7 Å². The number of β-amino-alcohol motifs (C(OH)–C–C–N with tert-alkyl or cyclic N) is 1. The molecule has 1 fully saturated rings. The zero-order chi connectivity index (χ0) is 11.7. The first-order valence-electron chi connectivity index (χ1n) is 5.62. The molecule has 0 aromatic carbocycles. The molecule has 0 unspecified atom stereocenters. The fourth-order valence-corrected chi connectivity index (χ4v) is 2.15. The number of furan rings is 1. The molecule has 2 heterocycles.